The number of carbonyl (C=O) groups is 1. The normalized spacial score (nSPS) is 12.0. The standard InChI is InChI=1S/C24H23N3O3S/c1-17-8-13-22(31(29,30)26-16-20-6-4-3-5-7-20)14-23(17)24(28)27-18(2)21-11-9-19(15-25)10-12-21/h3-14,18,26H,16H2,1-2H3,(H,27,28). The second kappa shape index (κ2) is 9.56. The number of hydrogen-bond acceptors (Lipinski definition) is 4. The summed E-state index contributed by atoms with van der Waals surface area (Å²) in [6.07, 6.45) is 0. The van der Waals surface area contributed by atoms with Gasteiger partial charge in [-0.25, -0.2) is 13.1 Å². The van der Waals surface area contributed by atoms with E-state index in [1.54, 1.807) is 37.3 Å². The number of nitriles is 1. The molecule has 0 radical (unpaired) electrons. The summed E-state index contributed by atoms with van der Waals surface area (Å²) in [6.45, 7) is 3.75. The number of sulfonamides is 1. The van der Waals surface area contributed by atoms with E-state index in [1.807, 2.05) is 37.3 Å². The Morgan fingerprint density at radius 2 is 1.71 bits per heavy atom. The molecule has 0 spiro atoms. The van der Waals surface area contributed by atoms with Crippen LogP contribution in [0.1, 0.15) is 45.6 Å². The monoisotopic (exact) mass is 433 g/mol. The number of rotatable bonds is 7. The highest BCUT2D eigenvalue weighted by molar-refractivity contribution is 7.89. The average Bonchev–Trinajstić information content (AvgIpc) is 2.78. The number of aryl methyl sites for hydroxylation is 1. The molecule has 1 amide bonds. The number of carbonyl (C=O) groups excluding carboxylic acids is 1. The van der Waals surface area contributed by atoms with Crippen molar-refractivity contribution in [3.8, 4) is 6.07 Å². The fourth-order valence-electron chi connectivity index (χ4n) is 3.07. The zero-order chi connectivity index (χ0) is 22.4. The minimum atomic E-state index is -3.78. The Morgan fingerprint density at radius 1 is 1.03 bits per heavy atom. The van der Waals surface area contributed by atoms with Crippen molar-refractivity contribution in [2.45, 2.75) is 31.3 Å². The summed E-state index contributed by atoms with van der Waals surface area (Å²) in [5.74, 6) is -0.366. The molecule has 3 aromatic carbocycles. The Kier molecular flexibility index (Phi) is 6.85. The lowest BCUT2D eigenvalue weighted by Crippen LogP contribution is -2.28. The topological polar surface area (TPSA) is 99.1 Å². The van der Waals surface area contributed by atoms with Crippen LogP contribution < -0.4 is 10.0 Å². The van der Waals surface area contributed by atoms with Crippen molar-refractivity contribution in [2.75, 3.05) is 0 Å². The van der Waals surface area contributed by atoms with E-state index in [2.05, 4.69) is 16.1 Å². The van der Waals surface area contributed by atoms with Crippen molar-refractivity contribution in [3.05, 3.63) is 101 Å². The lowest BCUT2D eigenvalue weighted by molar-refractivity contribution is 0.0939. The number of hydrogen-bond donors (Lipinski definition) is 2. The maximum absolute atomic E-state index is 12.9. The van der Waals surface area contributed by atoms with E-state index in [4.69, 9.17) is 5.26 Å². The Morgan fingerprint density at radius 3 is 2.35 bits per heavy atom. The van der Waals surface area contributed by atoms with Gasteiger partial charge in [-0.3, -0.25) is 4.79 Å². The zero-order valence-electron chi connectivity index (χ0n) is 17.3. The molecule has 0 saturated carbocycles. The van der Waals surface area contributed by atoms with E-state index < -0.39 is 10.0 Å². The van der Waals surface area contributed by atoms with Crippen LogP contribution >= 0.6 is 0 Å². The van der Waals surface area contributed by atoms with Gasteiger partial charge in [-0.2, -0.15) is 5.26 Å². The first-order valence-corrected chi connectivity index (χ1v) is 11.2. The van der Waals surface area contributed by atoms with Gasteiger partial charge >= 0.3 is 0 Å². The molecule has 0 aromatic heterocycles. The molecule has 1 unspecified atom stereocenters. The SMILES string of the molecule is Cc1ccc(S(=O)(=O)NCc2ccccc2)cc1C(=O)NC(C)c1ccc(C#N)cc1. The second-order valence-corrected chi connectivity index (χ2v) is 8.98. The van der Waals surface area contributed by atoms with E-state index in [0.29, 0.717) is 16.7 Å². The van der Waals surface area contributed by atoms with Crippen molar-refractivity contribution >= 4 is 15.9 Å². The van der Waals surface area contributed by atoms with Crippen molar-refractivity contribution in [1.82, 2.24) is 10.0 Å². The minimum absolute atomic E-state index is 0.0326. The van der Waals surface area contributed by atoms with Crippen LogP contribution in [-0.4, -0.2) is 14.3 Å². The van der Waals surface area contributed by atoms with Gasteiger partial charge in [0.25, 0.3) is 5.91 Å². The van der Waals surface area contributed by atoms with Gasteiger partial charge in [-0.05, 0) is 54.8 Å². The summed E-state index contributed by atoms with van der Waals surface area (Å²) in [6, 6.07) is 22.4. The summed E-state index contributed by atoms with van der Waals surface area (Å²) in [5.41, 5.74) is 3.19. The largest absolute Gasteiger partial charge is 0.346 e. The molecule has 3 aromatic rings. The number of amides is 1. The third-order valence-corrected chi connectivity index (χ3v) is 6.36. The molecule has 0 aliphatic rings. The molecule has 0 fully saturated rings. The molecule has 31 heavy (non-hydrogen) atoms. The van der Waals surface area contributed by atoms with Gasteiger partial charge < -0.3 is 5.32 Å². The highest BCUT2D eigenvalue weighted by atomic mass is 32.2. The van der Waals surface area contributed by atoms with Crippen LogP contribution in [-0.2, 0) is 16.6 Å². The highest BCUT2D eigenvalue weighted by Gasteiger charge is 2.19. The summed E-state index contributed by atoms with van der Waals surface area (Å²) in [5, 5.41) is 11.8. The van der Waals surface area contributed by atoms with Crippen LogP contribution in [0, 0.1) is 18.3 Å². The molecule has 0 saturated heterocycles. The first kappa shape index (κ1) is 22.2. The quantitative estimate of drug-likeness (QED) is 0.591. The molecule has 3 rings (SSSR count). The van der Waals surface area contributed by atoms with Crippen LogP contribution in [0.4, 0.5) is 0 Å². The molecule has 0 aliphatic heterocycles. The fourth-order valence-corrected chi connectivity index (χ4v) is 4.12. The first-order valence-electron chi connectivity index (χ1n) is 9.75. The first-order chi connectivity index (χ1) is 14.8. The van der Waals surface area contributed by atoms with Crippen LogP contribution in [0.2, 0.25) is 0 Å². The molecule has 6 nitrogen and oxygen atoms in total. The Labute approximate surface area is 182 Å². The van der Waals surface area contributed by atoms with Crippen molar-refractivity contribution in [2.24, 2.45) is 0 Å². The van der Waals surface area contributed by atoms with Gasteiger partial charge in [0.05, 0.1) is 22.6 Å². The maximum Gasteiger partial charge on any atom is 0.252 e. The van der Waals surface area contributed by atoms with Crippen LogP contribution in [0.5, 0.6) is 0 Å². The Balaban J connectivity index is 1.76. The average molecular weight is 434 g/mol. The van der Waals surface area contributed by atoms with Gasteiger partial charge in [-0.1, -0.05) is 48.5 Å². The second-order valence-electron chi connectivity index (χ2n) is 7.22. The highest BCUT2D eigenvalue weighted by Crippen LogP contribution is 2.19. The third kappa shape index (κ3) is 5.57. The number of nitrogens with zero attached hydrogens (tertiary/aromatic N) is 1. The van der Waals surface area contributed by atoms with Crippen LogP contribution in [0.15, 0.2) is 77.7 Å². The number of nitrogens with one attached hydrogen (secondary N) is 2. The van der Waals surface area contributed by atoms with Crippen molar-refractivity contribution < 1.29 is 13.2 Å². The molecule has 0 aliphatic carbocycles. The van der Waals surface area contributed by atoms with Gasteiger partial charge in [-0.15, -0.1) is 0 Å². The van der Waals surface area contributed by atoms with E-state index in [0.717, 1.165) is 11.1 Å². The molecule has 2 N–H and O–H groups in total. The molecular weight excluding hydrogens is 410 g/mol. The third-order valence-electron chi connectivity index (χ3n) is 4.96. The van der Waals surface area contributed by atoms with E-state index in [-0.39, 0.29) is 23.4 Å². The smallest absolute Gasteiger partial charge is 0.252 e. The van der Waals surface area contributed by atoms with Gasteiger partial charge in [0.1, 0.15) is 0 Å². The molecule has 0 heterocycles. The summed E-state index contributed by atoms with van der Waals surface area (Å²) in [7, 11) is -3.78. The lowest BCUT2D eigenvalue weighted by Gasteiger charge is -2.16. The van der Waals surface area contributed by atoms with Crippen molar-refractivity contribution in [1.29, 1.82) is 5.26 Å². The number of benzene rings is 3. The van der Waals surface area contributed by atoms with E-state index in [9.17, 15) is 13.2 Å². The van der Waals surface area contributed by atoms with E-state index >= 15 is 0 Å². The molecule has 1 atom stereocenters. The van der Waals surface area contributed by atoms with Gasteiger partial charge in [0, 0.05) is 12.1 Å². The predicted molar refractivity (Wildman–Crippen MR) is 119 cm³/mol. The Hall–Kier alpha value is -3.47. The van der Waals surface area contributed by atoms with Crippen molar-refractivity contribution in [3.63, 3.8) is 0 Å². The molecule has 0 bridgehead atoms. The van der Waals surface area contributed by atoms with Gasteiger partial charge in [0.15, 0.2) is 0 Å². The summed E-state index contributed by atoms with van der Waals surface area (Å²) < 4.78 is 28.0. The zero-order valence-corrected chi connectivity index (χ0v) is 18.1. The molecule has 7 heteroatoms. The van der Waals surface area contributed by atoms with Crippen LogP contribution in [0.25, 0.3) is 0 Å². The minimum Gasteiger partial charge on any atom is -0.346 e. The molecule has 158 valence electrons. The summed E-state index contributed by atoms with van der Waals surface area (Å²) >= 11 is 0. The van der Waals surface area contributed by atoms with E-state index in [1.165, 1.54) is 12.1 Å². The Bertz CT molecular complexity index is 1220. The fraction of sp³-hybridized carbons (Fsp3) is 0.167. The maximum atomic E-state index is 12.9. The summed E-state index contributed by atoms with van der Waals surface area (Å²) in [4.78, 5) is 12.9. The lowest BCUT2D eigenvalue weighted by atomic mass is 10.0. The van der Waals surface area contributed by atoms with Gasteiger partial charge in [0.2, 0.25) is 10.0 Å². The molecular formula is C24H23N3O3S. The predicted octanol–water partition coefficient (Wildman–Crippen LogP) is 3.84. The van der Waals surface area contributed by atoms with Crippen LogP contribution in [0.3, 0.4) is 0 Å².